The largest absolute Gasteiger partial charge is 0.418 e. The number of carbonyl (C=O) groups excluding carboxylic acids is 1. The van der Waals surface area contributed by atoms with E-state index in [4.69, 9.17) is 4.74 Å². The molecule has 86 valence electrons. The summed E-state index contributed by atoms with van der Waals surface area (Å²) < 4.78 is 5.00. The molecule has 0 unspecified atom stereocenters. The molecule has 0 spiro atoms. The van der Waals surface area contributed by atoms with Crippen LogP contribution in [0.5, 0.6) is 0 Å². The van der Waals surface area contributed by atoms with Crippen LogP contribution in [0.2, 0.25) is 19.6 Å². The van der Waals surface area contributed by atoms with Gasteiger partial charge in [0.2, 0.25) is 0 Å². The lowest BCUT2D eigenvalue weighted by molar-refractivity contribution is 0.207. The Balaban J connectivity index is 2.84. The Bertz CT molecular complexity index is 405. The minimum Gasteiger partial charge on any atom is -0.418 e. The van der Waals surface area contributed by atoms with Crippen molar-refractivity contribution in [3.05, 3.63) is 23.5 Å². The molecule has 0 aromatic rings. The zero-order valence-electron chi connectivity index (χ0n) is 9.83. The van der Waals surface area contributed by atoms with E-state index >= 15 is 0 Å². The van der Waals surface area contributed by atoms with Crippen LogP contribution in [0.25, 0.3) is 0 Å². The van der Waals surface area contributed by atoms with Gasteiger partial charge in [-0.1, -0.05) is 44.3 Å². The maximum atomic E-state index is 10.8. The predicted octanol–water partition coefficient (Wildman–Crippen LogP) is 3.54. The van der Waals surface area contributed by atoms with Gasteiger partial charge in [-0.15, -0.1) is 5.54 Å². The highest BCUT2D eigenvalue weighted by Crippen LogP contribution is 2.20. The molecule has 0 saturated heterocycles. The monoisotopic (exact) mass is 252 g/mol. The second kappa shape index (κ2) is 5.42. The number of allylic oxidation sites excluding steroid dienone is 3. The molecule has 0 aliphatic heterocycles. The summed E-state index contributed by atoms with van der Waals surface area (Å²) in [6.07, 6.45) is 5.74. The highest BCUT2D eigenvalue weighted by Gasteiger charge is 2.12. The molecule has 0 aromatic heterocycles. The molecule has 1 aliphatic rings. The molecule has 0 amide bonds. The molecule has 0 fully saturated rings. The number of rotatable bonds is 1. The van der Waals surface area contributed by atoms with Crippen molar-refractivity contribution in [2.75, 3.05) is 0 Å². The number of hydrogen-bond donors (Lipinski definition) is 1. The summed E-state index contributed by atoms with van der Waals surface area (Å²) in [6.45, 7) is 6.53. The van der Waals surface area contributed by atoms with E-state index in [1.165, 1.54) is 0 Å². The van der Waals surface area contributed by atoms with E-state index in [9.17, 15) is 4.79 Å². The Kier molecular flexibility index (Phi) is 4.45. The van der Waals surface area contributed by atoms with Crippen molar-refractivity contribution < 1.29 is 9.53 Å². The Morgan fingerprint density at radius 3 is 2.56 bits per heavy atom. The summed E-state index contributed by atoms with van der Waals surface area (Å²) in [4.78, 5) is 10.8. The molecular weight excluding hydrogens is 236 g/mol. The predicted molar refractivity (Wildman–Crippen MR) is 72.0 cm³/mol. The van der Waals surface area contributed by atoms with Crippen molar-refractivity contribution in [3.63, 3.8) is 0 Å². The van der Waals surface area contributed by atoms with Gasteiger partial charge in [-0.05, 0) is 18.9 Å². The molecule has 2 nitrogen and oxygen atoms in total. The van der Waals surface area contributed by atoms with Crippen LogP contribution in [0.3, 0.4) is 0 Å². The quantitative estimate of drug-likeness (QED) is 0.334. The van der Waals surface area contributed by atoms with Gasteiger partial charge in [0.25, 0.3) is 0 Å². The highest BCUT2D eigenvalue weighted by atomic mass is 32.1. The number of carbonyl (C=O) groups is 1. The molecule has 16 heavy (non-hydrogen) atoms. The topological polar surface area (TPSA) is 26.3 Å². The molecule has 4 heteroatoms. The van der Waals surface area contributed by atoms with Crippen LogP contribution in [0.1, 0.15) is 12.8 Å². The summed E-state index contributed by atoms with van der Waals surface area (Å²) in [5.41, 5.74) is 4.07. The van der Waals surface area contributed by atoms with Crippen molar-refractivity contribution in [1.29, 1.82) is 0 Å². The third kappa shape index (κ3) is 4.73. The first kappa shape index (κ1) is 13.1. The van der Waals surface area contributed by atoms with Crippen LogP contribution in [0.15, 0.2) is 23.5 Å². The van der Waals surface area contributed by atoms with Gasteiger partial charge < -0.3 is 4.74 Å². The second-order valence-electron chi connectivity index (χ2n) is 4.63. The van der Waals surface area contributed by atoms with Gasteiger partial charge in [0, 0.05) is 0 Å². The van der Waals surface area contributed by atoms with E-state index in [2.05, 4.69) is 43.7 Å². The molecule has 0 heterocycles. The van der Waals surface area contributed by atoms with E-state index in [0.29, 0.717) is 5.76 Å². The second-order valence-corrected chi connectivity index (χ2v) is 9.75. The molecule has 0 aromatic carbocycles. The van der Waals surface area contributed by atoms with E-state index in [0.717, 1.165) is 18.4 Å². The van der Waals surface area contributed by atoms with Crippen molar-refractivity contribution in [1.82, 2.24) is 0 Å². The number of thiol groups is 1. The van der Waals surface area contributed by atoms with Crippen LogP contribution in [-0.4, -0.2) is 13.4 Å². The minimum absolute atomic E-state index is 0.553. The summed E-state index contributed by atoms with van der Waals surface area (Å²) in [5, 5.41) is -0.589. The zero-order valence-corrected chi connectivity index (χ0v) is 11.7. The van der Waals surface area contributed by atoms with E-state index < -0.39 is 13.4 Å². The Morgan fingerprint density at radius 2 is 2.00 bits per heavy atom. The average Bonchev–Trinajstić information content (AvgIpc) is 2.14. The first-order valence-corrected chi connectivity index (χ1v) is 9.18. The third-order valence-electron chi connectivity index (χ3n) is 1.88. The highest BCUT2D eigenvalue weighted by molar-refractivity contribution is 7.96. The minimum atomic E-state index is -1.40. The number of ether oxygens (including phenoxy) is 1. The van der Waals surface area contributed by atoms with Gasteiger partial charge in [0.15, 0.2) is 0 Å². The van der Waals surface area contributed by atoms with Crippen LogP contribution in [0.4, 0.5) is 4.79 Å². The number of hydrogen-bond acceptors (Lipinski definition) is 2. The maximum Gasteiger partial charge on any atom is 0.369 e. The summed E-state index contributed by atoms with van der Waals surface area (Å²) in [7, 11) is -1.40. The third-order valence-corrected chi connectivity index (χ3v) is 2.85. The summed E-state index contributed by atoms with van der Waals surface area (Å²) >= 11 is 3.61. The van der Waals surface area contributed by atoms with Crippen LogP contribution < -0.4 is 0 Å². The lowest BCUT2D eigenvalue weighted by Crippen LogP contribution is -2.16. The molecule has 1 aliphatic carbocycles. The Hall–Kier alpha value is -0.923. The maximum absolute atomic E-state index is 10.8. The SMILES string of the molecule is C[Si](C)(C)C#CC1=CCCC=C1OC(=O)S. The van der Waals surface area contributed by atoms with Gasteiger partial charge in [-0.2, -0.15) is 0 Å². The molecule has 1 rings (SSSR count). The lowest BCUT2D eigenvalue weighted by atomic mass is 10.1. The van der Waals surface area contributed by atoms with Crippen LogP contribution >= 0.6 is 12.6 Å². The van der Waals surface area contributed by atoms with Crippen LogP contribution in [-0.2, 0) is 4.74 Å². The van der Waals surface area contributed by atoms with Crippen molar-refractivity contribution >= 4 is 26.0 Å². The fourth-order valence-electron chi connectivity index (χ4n) is 1.21. The first-order chi connectivity index (χ1) is 7.38. The fraction of sp³-hybridized carbons (Fsp3) is 0.417. The standard InChI is InChI=1S/C12H16O2SSi/c1-16(2,3)9-8-10-6-4-5-7-11(10)14-12(13)15/h6-7H,4-5H2,1-3H3,(H,13,15). The summed E-state index contributed by atoms with van der Waals surface area (Å²) in [5.74, 6) is 3.66. The zero-order chi connectivity index (χ0) is 12.2. The van der Waals surface area contributed by atoms with Gasteiger partial charge in [0.1, 0.15) is 13.8 Å². The Morgan fingerprint density at radius 1 is 1.38 bits per heavy atom. The Labute approximate surface area is 103 Å². The molecular formula is C12H16O2SSi. The van der Waals surface area contributed by atoms with E-state index in [-0.39, 0.29) is 0 Å². The van der Waals surface area contributed by atoms with Gasteiger partial charge in [-0.3, -0.25) is 0 Å². The first-order valence-electron chi connectivity index (χ1n) is 5.23. The van der Waals surface area contributed by atoms with Gasteiger partial charge >= 0.3 is 5.30 Å². The van der Waals surface area contributed by atoms with E-state index in [1.807, 2.05) is 12.2 Å². The van der Waals surface area contributed by atoms with Crippen LogP contribution in [0, 0.1) is 11.5 Å². The van der Waals surface area contributed by atoms with Gasteiger partial charge in [-0.25, -0.2) is 4.79 Å². The summed E-state index contributed by atoms with van der Waals surface area (Å²) in [6, 6.07) is 0. The fourth-order valence-corrected chi connectivity index (χ4v) is 1.82. The normalized spacial score (nSPS) is 15.5. The van der Waals surface area contributed by atoms with Crippen molar-refractivity contribution in [2.24, 2.45) is 0 Å². The van der Waals surface area contributed by atoms with Crippen molar-refractivity contribution in [3.8, 4) is 11.5 Å². The average molecular weight is 252 g/mol. The van der Waals surface area contributed by atoms with Gasteiger partial charge in [0.05, 0.1) is 5.57 Å². The molecule has 0 saturated carbocycles. The molecule has 0 radical (unpaired) electrons. The van der Waals surface area contributed by atoms with Crippen molar-refractivity contribution in [2.45, 2.75) is 32.5 Å². The molecule has 0 N–H and O–H groups in total. The molecule has 0 bridgehead atoms. The molecule has 0 atom stereocenters. The smallest absolute Gasteiger partial charge is 0.369 e. The lowest BCUT2D eigenvalue weighted by Gasteiger charge is -2.11. The van der Waals surface area contributed by atoms with E-state index in [1.54, 1.807) is 0 Å².